The minimum Gasteiger partial charge on any atom is -0.494 e. The van der Waals surface area contributed by atoms with Gasteiger partial charge in [0.15, 0.2) is 17.2 Å². The number of methoxy groups -OCH3 is 1. The van der Waals surface area contributed by atoms with E-state index in [1.165, 1.54) is 18.7 Å². The summed E-state index contributed by atoms with van der Waals surface area (Å²) in [4.78, 5) is 11.7. The van der Waals surface area contributed by atoms with Crippen LogP contribution in [0.25, 0.3) is 27.5 Å². The van der Waals surface area contributed by atoms with Gasteiger partial charge in [-0.15, -0.1) is 0 Å². The van der Waals surface area contributed by atoms with E-state index in [0.717, 1.165) is 46.0 Å². The van der Waals surface area contributed by atoms with Gasteiger partial charge < -0.3 is 24.3 Å². The van der Waals surface area contributed by atoms with Crippen LogP contribution in [0.3, 0.4) is 0 Å². The number of fused-ring (bicyclic) bond motifs is 2. The number of benzene rings is 2. The highest BCUT2D eigenvalue weighted by Crippen LogP contribution is 2.48. The fraction of sp³-hybridized carbons (Fsp3) is 0.429. The van der Waals surface area contributed by atoms with Crippen LogP contribution in [0.1, 0.15) is 61.6 Å². The molecule has 0 spiro atoms. The molecule has 37 heavy (non-hydrogen) atoms. The molecule has 9 heteroatoms. The van der Waals surface area contributed by atoms with Gasteiger partial charge in [0.05, 0.1) is 24.3 Å². The van der Waals surface area contributed by atoms with Crippen LogP contribution in [-0.2, 0) is 9.53 Å². The van der Waals surface area contributed by atoms with Crippen molar-refractivity contribution in [3.63, 3.8) is 0 Å². The van der Waals surface area contributed by atoms with Gasteiger partial charge in [0.25, 0.3) is 0 Å². The molecule has 1 aliphatic carbocycles. The summed E-state index contributed by atoms with van der Waals surface area (Å²) in [6, 6.07) is 9.15. The zero-order valence-corrected chi connectivity index (χ0v) is 20.7. The molecule has 3 N–H and O–H groups in total. The van der Waals surface area contributed by atoms with Crippen molar-refractivity contribution >= 4 is 27.8 Å². The van der Waals surface area contributed by atoms with E-state index < -0.39 is 17.4 Å². The number of aromatic nitrogens is 3. The van der Waals surface area contributed by atoms with Crippen molar-refractivity contribution in [3.05, 3.63) is 53.6 Å². The molecule has 8 nitrogen and oxygen atoms in total. The summed E-state index contributed by atoms with van der Waals surface area (Å²) in [6.07, 6.45) is 5.02. The molecule has 194 valence electrons. The maximum atomic E-state index is 14.4. The van der Waals surface area contributed by atoms with Gasteiger partial charge in [-0.3, -0.25) is 5.10 Å². The van der Waals surface area contributed by atoms with E-state index in [2.05, 4.69) is 26.9 Å². The number of carbonyl (C=O) groups is 1. The number of aliphatic carboxylic acids is 1. The van der Waals surface area contributed by atoms with E-state index in [1.54, 1.807) is 18.3 Å². The third-order valence-corrected chi connectivity index (χ3v) is 8.22. The number of aromatic amines is 1. The molecule has 2 aromatic heterocycles. The highest BCUT2D eigenvalue weighted by molar-refractivity contribution is 5.99. The molecule has 6 rings (SSSR count). The van der Waals surface area contributed by atoms with Gasteiger partial charge in [-0.1, -0.05) is 0 Å². The molecule has 0 amide bonds. The lowest BCUT2D eigenvalue weighted by Gasteiger charge is -2.34. The van der Waals surface area contributed by atoms with Gasteiger partial charge >= 0.3 is 5.97 Å². The van der Waals surface area contributed by atoms with Gasteiger partial charge in [-0.05, 0) is 74.3 Å². The first-order valence-electron chi connectivity index (χ1n) is 12.8. The minimum absolute atomic E-state index is 0.0731. The van der Waals surface area contributed by atoms with Crippen molar-refractivity contribution in [1.29, 1.82) is 0 Å². The first kappa shape index (κ1) is 23.9. The lowest BCUT2D eigenvalue weighted by Crippen LogP contribution is -2.41. The number of nitrogens with one attached hydrogen (secondary N) is 1. The van der Waals surface area contributed by atoms with Crippen LogP contribution >= 0.6 is 0 Å². The average Bonchev–Trinajstić information content (AvgIpc) is 3.50. The summed E-state index contributed by atoms with van der Waals surface area (Å²) in [5, 5.41) is 29.5. The zero-order valence-electron chi connectivity index (χ0n) is 20.7. The molecule has 0 radical (unpaired) electrons. The SMILES string of the molecule is COc1cc(-n2c(C3CCOCC3)c(C3CCC(O)(C(=O)O)CC3)c3cc4[nH]ncc4cc32)ccc1F. The third kappa shape index (κ3) is 3.97. The monoisotopic (exact) mass is 507 g/mol. The number of nitrogens with zero attached hydrogens (tertiary/aromatic N) is 2. The molecule has 1 aliphatic heterocycles. The van der Waals surface area contributed by atoms with E-state index in [9.17, 15) is 19.4 Å². The van der Waals surface area contributed by atoms with Crippen molar-refractivity contribution in [1.82, 2.24) is 14.8 Å². The van der Waals surface area contributed by atoms with Crippen molar-refractivity contribution in [3.8, 4) is 11.4 Å². The van der Waals surface area contributed by atoms with Crippen LogP contribution in [0, 0.1) is 5.82 Å². The summed E-state index contributed by atoms with van der Waals surface area (Å²) >= 11 is 0. The van der Waals surface area contributed by atoms with E-state index >= 15 is 0 Å². The summed E-state index contributed by atoms with van der Waals surface area (Å²) in [7, 11) is 1.46. The molecule has 4 aromatic rings. The van der Waals surface area contributed by atoms with Crippen molar-refractivity contribution in [2.45, 2.75) is 56.0 Å². The second-order valence-corrected chi connectivity index (χ2v) is 10.3. The number of ether oxygens (including phenoxy) is 2. The zero-order chi connectivity index (χ0) is 25.7. The normalized spacial score (nSPS) is 23.1. The second kappa shape index (κ2) is 9.15. The van der Waals surface area contributed by atoms with Crippen LogP contribution in [0.5, 0.6) is 5.75 Å². The first-order valence-corrected chi connectivity index (χ1v) is 12.8. The van der Waals surface area contributed by atoms with E-state index in [0.29, 0.717) is 26.1 Å². The van der Waals surface area contributed by atoms with E-state index in [4.69, 9.17) is 9.47 Å². The maximum Gasteiger partial charge on any atom is 0.335 e. The Morgan fingerprint density at radius 3 is 2.62 bits per heavy atom. The molecular weight excluding hydrogens is 477 g/mol. The smallest absolute Gasteiger partial charge is 0.335 e. The molecule has 2 fully saturated rings. The standard InChI is InChI=1S/C28H30FN3O5/c1-36-24-13-19(2-3-21(24)29)32-23-12-18-15-30-31-22(18)14-20(23)25(26(32)17-6-10-37-11-7-17)16-4-8-28(35,9-5-16)27(33)34/h2-3,12-17,35H,4-11H2,1H3,(H,30,31)(H,33,34). The second-order valence-electron chi connectivity index (χ2n) is 10.3. The molecule has 2 aliphatic rings. The van der Waals surface area contributed by atoms with Crippen molar-refractivity contribution in [2.24, 2.45) is 0 Å². The Labute approximate surface area is 213 Å². The maximum absolute atomic E-state index is 14.4. The van der Waals surface area contributed by atoms with E-state index in [1.807, 2.05) is 0 Å². The highest BCUT2D eigenvalue weighted by Gasteiger charge is 2.42. The lowest BCUT2D eigenvalue weighted by atomic mass is 9.74. The Morgan fingerprint density at radius 1 is 1.16 bits per heavy atom. The van der Waals surface area contributed by atoms with E-state index in [-0.39, 0.29) is 30.4 Å². The van der Waals surface area contributed by atoms with Gasteiger partial charge in [-0.2, -0.15) is 5.10 Å². The van der Waals surface area contributed by atoms with Gasteiger partial charge in [0.2, 0.25) is 0 Å². The summed E-state index contributed by atoms with van der Waals surface area (Å²) in [6.45, 7) is 1.32. The first-order chi connectivity index (χ1) is 17.9. The van der Waals surface area contributed by atoms with Gasteiger partial charge in [-0.25, -0.2) is 9.18 Å². The Balaban J connectivity index is 1.61. The molecule has 1 saturated heterocycles. The number of hydrogen-bond acceptors (Lipinski definition) is 5. The fourth-order valence-electron chi connectivity index (χ4n) is 6.23. The quantitative estimate of drug-likeness (QED) is 0.350. The Morgan fingerprint density at radius 2 is 1.92 bits per heavy atom. The summed E-state index contributed by atoms with van der Waals surface area (Å²) in [5.41, 5.74) is 3.34. The molecule has 0 bridgehead atoms. The Kier molecular flexibility index (Phi) is 5.92. The molecular formula is C28H30FN3O5. The molecule has 1 saturated carbocycles. The molecule has 2 aromatic carbocycles. The molecule has 3 heterocycles. The summed E-state index contributed by atoms with van der Waals surface area (Å²) in [5.74, 6) is -1.12. The van der Waals surface area contributed by atoms with Gasteiger partial charge in [0.1, 0.15) is 0 Å². The third-order valence-electron chi connectivity index (χ3n) is 8.22. The predicted molar refractivity (Wildman–Crippen MR) is 136 cm³/mol. The molecule has 0 atom stereocenters. The number of hydrogen-bond donors (Lipinski definition) is 3. The number of carboxylic acid groups (broad SMARTS) is 1. The number of carboxylic acids is 1. The largest absolute Gasteiger partial charge is 0.494 e. The van der Waals surface area contributed by atoms with Crippen LogP contribution in [-0.4, -0.2) is 56.9 Å². The fourth-order valence-corrected chi connectivity index (χ4v) is 6.23. The average molecular weight is 508 g/mol. The van der Waals surface area contributed by atoms with Crippen LogP contribution in [0.2, 0.25) is 0 Å². The number of rotatable bonds is 5. The van der Waals surface area contributed by atoms with Gasteiger partial charge in [0, 0.05) is 47.4 Å². The number of halogens is 1. The predicted octanol–water partition coefficient (Wildman–Crippen LogP) is 5.02. The highest BCUT2D eigenvalue weighted by atomic mass is 19.1. The number of H-pyrrole nitrogens is 1. The molecule has 0 unspecified atom stereocenters. The van der Waals surface area contributed by atoms with Crippen LogP contribution in [0.15, 0.2) is 36.5 Å². The van der Waals surface area contributed by atoms with Crippen molar-refractivity contribution < 1.29 is 28.9 Å². The summed E-state index contributed by atoms with van der Waals surface area (Å²) < 4.78 is 27.7. The topological polar surface area (TPSA) is 110 Å². The minimum atomic E-state index is -1.69. The van der Waals surface area contributed by atoms with Crippen molar-refractivity contribution in [2.75, 3.05) is 20.3 Å². The van der Waals surface area contributed by atoms with Crippen LogP contribution < -0.4 is 4.74 Å². The lowest BCUT2D eigenvalue weighted by molar-refractivity contribution is -0.162. The Hall–Kier alpha value is -3.43. The number of aliphatic hydroxyl groups is 1. The Bertz CT molecular complexity index is 1480. The van der Waals surface area contributed by atoms with Crippen LogP contribution in [0.4, 0.5) is 4.39 Å².